The molecular weight excluding hydrogens is 436 g/mol. The number of amides is 3. The number of urea groups is 1. The molecule has 2 N–H and O–H groups in total. The van der Waals surface area contributed by atoms with E-state index in [0.717, 1.165) is 53.6 Å². The standard InChI is InChI=1S/C25H34N4O5/c1-27-19-10-17(34-3)8-9-18(19)22-23(27)20(11-30)29(24(32)26-16-6-4-5-7-16)15-25(22)13-28(14-25)21(31)12-33-2/h8-10,16,20,30H,4-7,11-15H2,1-3H3,(H,26,32)/t20-/m0/s1. The number of aryl methyl sites for hydroxylation is 1. The fraction of sp³-hybridized carbons (Fsp3) is 0.600. The normalized spacial score (nSPS) is 21.6. The fourth-order valence-electron chi connectivity index (χ4n) is 6.23. The van der Waals surface area contributed by atoms with Crippen LogP contribution in [0.2, 0.25) is 0 Å². The summed E-state index contributed by atoms with van der Waals surface area (Å²) in [4.78, 5) is 29.6. The van der Waals surface area contributed by atoms with Crippen LogP contribution in [0.15, 0.2) is 18.2 Å². The summed E-state index contributed by atoms with van der Waals surface area (Å²) >= 11 is 0. The van der Waals surface area contributed by atoms with Gasteiger partial charge in [0.2, 0.25) is 5.91 Å². The first kappa shape index (κ1) is 23.0. The van der Waals surface area contributed by atoms with E-state index in [0.29, 0.717) is 19.6 Å². The monoisotopic (exact) mass is 470 g/mol. The van der Waals surface area contributed by atoms with Crippen LogP contribution >= 0.6 is 0 Å². The number of aliphatic hydroxyl groups excluding tert-OH is 1. The lowest BCUT2D eigenvalue weighted by molar-refractivity contribution is -0.144. The Balaban J connectivity index is 1.58. The maximum absolute atomic E-state index is 13.5. The predicted octanol–water partition coefficient (Wildman–Crippen LogP) is 1.91. The molecule has 0 bridgehead atoms. The first-order valence-corrected chi connectivity index (χ1v) is 12.0. The van der Waals surface area contributed by atoms with Gasteiger partial charge in [-0.3, -0.25) is 4.79 Å². The van der Waals surface area contributed by atoms with Crippen molar-refractivity contribution in [3.8, 4) is 5.75 Å². The Bertz CT molecular complexity index is 1100. The van der Waals surface area contributed by atoms with E-state index in [4.69, 9.17) is 9.47 Å². The highest BCUT2D eigenvalue weighted by molar-refractivity contribution is 5.90. The minimum Gasteiger partial charge on any atom is -0.497 e. The lowest BCUT2D eigenvalue weighted by Gasteiger charge is -2.56. The number of fused-ring (bicyclic) bond motifs is 4. The van der Waals surface area contributed by atoms with Crippen molar-refractivity contribution in [3.63, 3.8) is 0 Å². The second-order valence-electron chi connectivity index (χ2n) is 9.92. The number of carbonyl (C=O) groups is 2. The second-order valence-corrected chi connectivity index (χ2v) is 9.92. The first-order chi connectivity index (χ1) is 16.4. The van der Waals surface area contributed by atoms with Gasteiger partial charge < -0.3 is 34.3 Å². The summed E-state index contributed by atoms with van der Waals surface area (Å²) in [6.45, 7) is 1.35. The summed E-state index contributed by atoms with van der Waals surface area (Å²) in [5.41, 5.74) is 2.64. The maximum Gasteiger partial charge on any atom is 0.318 e. The smallest absolute Gasteiger partial charge is 0.318 e. The molecule has 2 aliphatic heterocycles. The highest BCUT2D eigenvalue weighted by Crippen LogP contribution is 2.49. The van der Waals surface area contributed by atoms with Gasteiger partial charge in [-0.25, -0.2) is 4.79 Å². The molecule has 1 aliphatic carbocycles. The molecule has 9 nitrogen and oxygen atoms in total. The molecule has 3 aliphatic rings. The molecule has 1 spiro atoms. The molecule has 1 saturated heterocycles. The number of carbonyl (C=O) groups excluding carboxylic acids is 2. The first-order valence-electron chi connectivity index (χ1n) is 12.0. The van der Waals surface area contributed by atoms with Crippen LogP contribution in [0.4, 0.5) is 4.79 Å². The molecule has 2 fully saturated rings. The molecular formula is C25H34N4O5. The highest BCUT2D eigenvalue weighted by atomic mass is 16.5. The zero-order valence-electron chi connectivity index (χ0n) is 20.2. The van der Waals surface area contributed by atoms with Crippen LogP contribution in [0.5, 0.6) is 5.75 Å². The Hall–Kier alpha value is -2.78. The SMILES string of the molecule is COCC(=O)N1CC2(C1)CN(C(=O)NC1CCCC1)[C@@H](CO)c1c2c2ccc(OC)cc2n1C. The van der Waals surface area contributed by atoms with Gasteiger partial charge in [-0.2, -0.15) is 0 Å². The molecule has 2 aromatic rings. The van der Waals surface area contributed by atoms with E-state index in [9.17, 15) is 14.7 Å². The summed E-state index contributed by atoms with van der Waals surface area (Å²) in [6, 6.07) is 5.56. The van der Waals surface area contributed by atoms with E-state index in [1.54, 1.807) is 16.9 Å². The predicted molar refractivity (Wildman–Crippen MR) is 127 cm³/mol. The number of ether oxygens (including phenoxy) is 2. The third kappa shape index (κ3) is 3.53. The Kier molecular flexibility index (Phi) is 5.93. The molecule has 1 aromatic heterocycles. The number of nitrogens with zero attached hydrogens (tertiary/aromatic N) is 3. The van der Waals surface area contributed by atoms with Gasteiger partial charge in [0.15, 0.2) is 0 Å². The third-order valence-corrected chi connectivity index (χ3v) is 7.87. The molecule has 3 heterocycles. The van der Waals surface area contributed by atoms with Gasteiger partial charge in [-0.05, 0) is 30.5 Å². The van der Waals surface area contributed by atoms with Crippen molar-refractivity contribution in [2.75, 3.05) is 47.1 Å². The van der Waals surface area contributed by atoms with Gasteiger partial charge in [0.1, 0.15) is 12.4 Å². The Morgan fingerprint density at radius 3 is 2.56 bits per heavy atom. The number of aromatic nitrogens is 1. The van der Waals surface area contributed by atoms with Crippen molar-refractivity contribution in [1.82, 2.24) is 19.7 Å². The van der Waals surface area contributed by atoms with Gasteiger partial charge >= 0.3 is 6.03 Å². The van der Waals surface area contributed by atoms with Crippen molar-refractivity contribution >= 4 is 22.8 Å². The van der Waals surface area contributed by atoms with Gasteiger partial charge in [0, 0.05) is 57.0 Å². The zero-order valence-corrected chi connectivity index (χ0v) is 20.2. The van der Waals surface area contributed by atoms with Crippen LogP contribution in [0.25, 0.3) is 10.9 Å². The van der Waals surface area contributed by atoms with Crippen molar-refractivity contribution in [2.24, 2.45) is 7.05 Å². The number of benzene rings is 1. The van der Waals surface area contributed by atoms with E-state index >= 15 is 0 Å². The topological polar surface area (TPSA) is 96.3 Å². The number of likely N-dealkylation sites (tertiary alicyclic amines) is 1. The van der Waals surface area contributed by atoms with Gasteiger partial charge in [0.05, 0.1) is 30.7 Å². The molecule has 0 unspecified atom stereocenters. The molecule has 1 aromatic carbocycles. The molecule has 34 heavy (non-hydrogen) atoms. The van der Waals surface area contributed by atoms with Crippen LogP contribution in [-0.4, -0.2) is 84.5 Å². The quantitative estimate of drug-likeness (QED) is 0.696. The molecule has 184 valence electrons. The van der Waals surface area contributed by atoms with Crippen LogP contribution < -0.4 is 10.1 Å². The zero-order chi connectivity index (χ0) is 24.0. The highest BCUT2D eigenvalue weighted by Gasteiger charge is 2.55. The van der Waals surface area contributed by atoms with Gasteiger partial charge in [-0.1, -0.05) is 12.8 Å². The average Bonchev–Trinajstić information content (AvgIpc) is 3.43. The van der Waals surface area contributed by atoms with E-state index < -0.39 is 11.5 Å². The van der Waals surface area contributed by atoms with Crippen LogP contribution in [0, 0.1) is 0 Å². The fourth-order valence-corrected chi connectivity index (χ4v) is 6.23. The average molecular weight is 471 g/mol. The third-order valence-electron chi connectivity index (χ3n) is 7.87. The van der Waals surface area contributed by atoms with E-state index in [1.807, 2.05) is 19.2 Å². The summed E-state index contributed by atoms with van der Waals surface area (Å²) in [5, 5.41) is 14.8. The van der Waals surface area contributed by atoms with Gasteiger partial charge in [0.25, 0.3) is 0 Å². The van der Waals surface area contributed by atoms with E-state index in [-0.39, 0.29) is 31.2 Å². The van der Waals surface area contributed by atoms with Crippen molar-refractivity contribution < 1.29 is 24.2 Å². The molecule has 0 radical (unpaired) electrons. The van der Waals surface area contributed by atoms with E-state index in [2.05, 4.69) is 16.0 Å². The number of hydrogen-bond acceptors (Lipinski definition) is 5. The Labute approximate surface area is 199 Å². The molecule has 1 saturated carbocycles. The molecule has 1 atom stereocenters. The van der Waals surface area contributed by atoms with Gasteiger partial charge in [-0.15, -0.1) is 0 Å². The summed E-state index contributed by atoms with van der Waals surface area (Å²) in [5.74, 6) is 0.698. The lowest BCUT2D eigenvalue weighted by atomic mass is 9.68. The summed E-state index contributed by atoms with van der Waals surface area (Å²) in [7, 11) is 5.13. The van der Waals surface area contributed by atoms with Crippen molar-refractivity contribution in [3.05, 3.63) is 29.5 Å². The number of hydrogen-bond donors (Lipinski definition) is 2. The summed E-state index contributed by atoms with van der Waals surface area (Å²) < 4.78 is 12.6. The number of nitrogens with one attached hydrogen (secondary N) is 1. The van der Waals surface area contributed by atoms with Crippen molar-refractivity contribution in [2.45, 2.75) is 43.2 Å². The Morgan fingerprint density at radius 2 is 1.91 bits per heavy atom. The number of rotatable bonds is 5. The van der Waals surface area contributed by atoms with E-state index in [1.165, 1.54) is 7.11 Å². The number of aliphatic hydroxyl groups is 1. The van der Waals surface area contributed by atoms with Crippen LogP contribution in [0.1, 0.15) is 43.0 Å². The van der Waals surface area contributed by atoms with Crippen LogP contribution in [-0.2, 0) is 22.0 Å². The maximum atomic E-state index is 13.5. The molecule has 5 rings (SSSR count). The molecule has 3 amide bonds. The summed E-state index contributed by atoms with van der Waals surface area (Å²) in [6.07, 6.45) is 4.24. The number of methoxy groups -OCH3 is 2. The largest absolute Gasteiger partial charge is 0.497 e. The minimum atomic E-state index is -0.464. The Morgan fingerprint density at radius 1 is 1.18 bits per heavy atom. The molecule has 9 heteroatoms. The second kappa shape index (κ2) is 8.78. The minimum absolute atomic E-state index is 0.0425. The van der Waals surface area contributed by atoms with Crippen LogP contribution in [0.3, 0.4) is 0 Å². The lowest BCUT2D eigenvalue weighted by Crippen LogP contribution is -2.69. The van der Waals surface area contributed by atoms with Crippen molar-refractivity contribution in [1.29, 1.82) is 0 Å².